The number of hydrazine groups is 1. The third-order valence-corrected chi connectivity index (χ3v) is 3.56. The standard InChI is InChI=1S/C14H21N3O2S/c15-12(10-18)9-11-3-1-2-4-13(11)14(20)16-17-5-7-19-8-6-17/h1-4,12,18H,5-10,15H2,(H,16,20)/t12-/m0/s1. The van der Waals surface area contributed by atoms with E-state index in [-0.39, 0.29) is 12.6 Å². The average Bonchev–Trinajstić information content (AvgIpc) is 2.48. The quantitative estimate of drug-likeness (QED) is 0.668. The molecule has 20 heavy (non-hydrogen) atoms. The number of aliphatic hydroxyl groups excluding tert-OH is 1. The monoisotopic (exact) mass is 295 g/mol. The van der Waals surface area contributed by atoms with Crippen molar-refractivity contribution in [1.29, 1.82) is 0 Å². The summed E-state index contributed by atoms with van der Waals surface area (Å²) in [5.74, 6) is 0. The third kappa shape index (κ3) is 4.22. The van der Waals surface area contributed by atoms with E-state index in [1.54, 1.807) is 0 Å². The molecule has 1 aromatic carbocycles. The van der Waals surface area contributed by atoms with Crippen LogP contribution < -0.4 is 11.2 Å². The zero-order valence-electron chi connectivity index (χ0n) is 11.4. The van der Waals surface area contributed by atoms with E-state index in [1.165, 1.54) is 0 Å². The molecule has 1 aromatic rings. The largest absolute Gasteiger partial charge is 0.395 e. The van der Waals surface area contributed by atoms with Crippen LogP contribution in [0.1, 0.15) is 11.1 Å². The van der Waals surface area contributed by atoms with Crippen molar-refractivity contribution >= 4 is 17.2 Å². The van der Waals surface area contributed by atoms with Gasteiger partial charge in [-0.05, 0) is 12.0 Å². The van der Waals surface area contributed by atoms with Crippen LogP contribution in [-0.2, 0) is 11.2 Å². The lowest BCUT2D eigenvalue weighted by molar-refractivity contribution is 0.0253. The van der Waals surface area contributed by atoms with Crippen molar-refractivity contribution in [3.8, 4) is 0 Å². The molecule has 1 aliphatic rings. The maximum absolute atomic E-state index is 9.09. The number of morpholine rings is 1. The van der Waals surface area contributed by atoms with Gasteiger partial charge >= 0.3 is 0 Å². The van der Waals surface area contributed by atoms with E-state index in [0.717, 1.165) is 24.2 Å². The first-order valence-electron chi connectivity index (χ1n) is 6.78. The molecule has 0 spiro atoms. The Bertz CT molecular complexity index is 450. The van der Waals surface area contributed by atoms with E-state index in [0.29, 0.717) is 24.6 Å². The Morgan fingerprint density at radius 2 is 2.10 bits per heavy atom. The molecule has 2 rings (SSSR count). The molecular weight excluding hydrogens is 274 g/mol. The average molecular weight is 295 g/mol. The van der Waals surface area contributed by atoms with Gasteiger partial charge in [-0.1, -0.05) is 36.5 Å². The second kappa shape index (κ2) is 7.66. The minimum Gasteiger partial charge on any atom is -0.395 e. The number of thiocarbonyl (C=S) groups is 1. The van der Waals surface area contributed by atoms with Gasteiger partial charge in [0.1, 0.15) is 4.99 Å². The second-order valence-corrected chi connectivity index (χ2v) is 5.25. The van der Waals surface area contributed by atoms with Gasteiger partial charge < -0.3 is 21.0 Å². The Balaban J connectivity index is 2.04. The normalized spacial score (nSPS) is 17.7. The topological polar surface area (TPSA) is 70.8 Å². The SMILES string of the molecule is N[C@H](CO)Cc1ccccc1C(=S)NN1CCOCC1. The smallest absolute Gasteiger partial charge is 0.121 e. The lowest BCUT2D eigenvalue weighted by Gasteiger charge is -2.28. The van der Waals surface area contributed by atoms with E-state index < -0.39 is 0 Å². The number of nitrogens with two attached hydrogens (primary N) is 1. The highest BCUT2D eigenvalue weighted by Gasteiger charge is 2.15. The van der Waals surface area contributed by atoms with Gasteiger partial charge in [0.2, 0.25) is 0 Å². The van der Waals surface area contributed by atoms with E-state index in [1.807, 2.05) is 24.3 Å². The summed E-state index contributed by atoms with van der Waals surface area (Å²) in [6.45, 7) is 3.04. The summed E-state index contributed by atoms with van der Waals surface area (Å²) in [5.41, 5.74) is 11.1. The fraction of sp³-hybridized carbons (Fsp3) is 0.500. The number of rotatable bonds is 5. The molecule has 1 saturated heterocycles. The molecule has 5 nitrogen and oxygen atoms in total. The van der Waals surface area contributed by atoms with Crippen molar-refractivity contribution in [1.82, 2.24) is 10.4 Å². The fourth-order valence-corrected chi connectivity index (χ4v) is 2.47. The van der Waals surface area contributed by atoms with Gasteiger partial charge in [-0.2, -0.15) is 0 Å². The zero-order valence-corrected chi connectivity index (χ0v) is 12.2. The van der Waals surface area contributed by atoms with Crippen molar-refractivity contribution in [2.45, 2.75) is 12.5 Å². The highest BCUT2D eigenvalue weighted by molar-refractivity contribution is 7.80. The molecule has 1 atom stereocenters. The Hall–Kier alpha value is -1.05. The summed E-state index contributed by atoms with van der Waals surface area (Å²) in [7, 11) is 0. The van der Waals surface area contributed by atoms with Crippen molar-refractivity contribution in [3.63, 3.8) is 0 Å². The van der Waals surface area contributed by atoms with Gasteiger partial charge in [-0.25, -0.2) is 5.01 Å². The van der Waals surface area contributed by atoms with E-state index in [2.05, 4.69) is 10.4 Å². The highest BCUT2D eigenvalue weighted by Crippen LogP contribution is 2.12. The van der Waals surface area contributed by atoms with Crippen molar-refractivity contribution in [3.05, 3.63) is 35.4 Å². The molecular formula is C14H21N3O2S. The maximum atomic E-state index is 9.09. The maximum Gasteiger partial charge on any atom is 0.121 e. The Labute approximate surface area is 124 Å². The summed E-state index contributed by atoms with van der Waals surface area (Å²) in [6.07, 6.45) is 0.609. The number of hydrogen-bond donors (Lipinski definition) is 3. The van der Waals surface area contributed by atoms with Gasteiger partial charge in [0.25, 0.3) is 0 Å². The zero-order chi connectivity index (χ0) is 14.4. The minimum atomic E-state index is -0.262. The van der Waals surface area contributed by atoms with Crippen molar-refractivity contribution < 1.29 is 9.84 Å². The molecule has 0 amide bonds. The first kappa shape index (κ1) is 15.3. The summed E-state index contributed by atoms with van der Waals surface area (Å²) in [4.78, 5) is 0.688. The van der Waals surface area contributed by atoms with Crippen LogP contribution in [0.5, 0.6) is 0 Å². The minimum absolute atomic E-state index is 0.0298. The van der Waals surface area contributed by atoms with Crippen molar-refractivity contribution in [2.24, 2.45) is 5.73 Å². The summed E-state index contributed by atoms with van der Waals surface area (Å²) < 4.78 is 5.31. The third-order valence-electron chi connectivity index (χ3n) is 3.25. The molecule has 0 bridgehead atoms. The summed E-state index contributed by atoms with van der Waals surface area (Å²) in [5, 5.41) is 11.2. The molecule has 0 unspecified atom stereocenters. The Kier molecular flexibility index (Phi) is 5.87. The molecule has 0 aliphatic carbocycles. The number of nitrogens with zero attached hydrogens (tertiary/aromatic N) is 1. The van der Waals surface area contributed by atoms with Crippen LogP contribution in [0.15, 0.2) is 24.3 Å². The molecule has 1 fully saturated rings. The molecule has 0 aromatic heterocycles. The molecule has 1 heterocycles. The summed E-state index contributed by atoms with van der Waals surface area (Å²) >= 11 is 5.48. The Morgan fingerprint density at radius 1 is 1.40 bits per heavy atom. The lowest BCUT2D eigenvalue weighted by Crippen LogP contribution is -2.48. The van der Waals surface area contributed by atoms with E-state index in [4.69, 9.17) is 27.8 Å². The van der Waals surface area contributed by atoms with Gasteiger partial charge in [0.05, 0.1) is 19.8 Å². The second-order valence-electron chi connectivity index (χ2n) is 4.84. The van der Waals surface area contributed by atoms with Crippen LogP contribution in [-0.4, -0.2) is 54.1 Å². The van der Waals surface area contributed by atoms with Crippen LogP contribution in [0.3, 0.4) is 0 Å². The van der Waals surface area contributed by atoms with E-state index >= 15 is 0 Å². The molecule has 0 saturated carbocycles. The fourth-order valence-electron chi connectivity index (χ4n) is 2.15. The number of benzene rings is 1. The van der Waals surface area contributed by atoms with Gasteiger partial charge in [-0.3, -0.25) is 0 Å². The molecule has 6 heteroatoms. The molecule has 4 N–H and O–H groups in total. The van der Waals surface area contributed by atoms with Crippen LogP contribution in [0.4, 0.5) is 0 Å². The number of aliphatic hydroxyl groups is 1. The predicted molar refractivity (Wildman–Crippen MR) is 82.4 cm³/mol. The van der Waals surface area contributed by atoms with Gasteiger partial charge in [-0.15, -0.1) is 0 Å². The van der Waals surface area contributed by atoms with Gasteiger partial charge in [0.15, 0.2) is 0 Å². The van der Waals surface area contributed by atoms with Crippen LogP contribution in [0.2, 0.25) is 0 Å². The predicted octanol–water partition coefficient (Wildman–Crippen LogP) is 0.0610. The lowest BCUT2D eigenvalue weighted by atomic mass is 10.0. The first-order valence-corrected chi connectivity index (χ1v) is 7.19. The molecule has 110 valence electrons. The van der Waals surface area contributed by atoms with Crippen LogP contribution in [0.25, 0.3) is 0 Å². The van der Waals surface area contributed by atoms with Crippen LogP contribution in [0, 0.1) is 0 Å². The molecule has 1 aliphatic heterocycles. The first-order chi connectivity index (χ1) is 9.70. The number of nitrogens with one attached hydrogen (secondary N) is 1. The number of ether oxygens (including phenoxy) is 1. The van der Waals surface area contributed by atoms with Crippen LogP contribution >= 0.6 is 12.2 Å². The summed E-state index contributed by atoms with van der Waals surface area (Å²) in [6, 6.07) is 7.63. The Morgan fingerprint density at radius 3 is 2.80 bits per heavy atom. The van der Waals surface area contributed by atoms with Gasteiger partial charge in [0, 0.05) is 24.7 Å². The van der Waals surface area contributed by atoms with E-state index in [9.17, 15) is 0 Å². The molecule has 0 radical (unpaired) electrons. The number of hydrogen-bond acceptors (Lipinski definition) is 5. The van der Waals surface area contributed by atoms with Crippen molar-refractivity contribution in [2.75, 3.05) is 32.9 Å². The highest BCUT2D eigenvalue weighted by atomic mass is 32.1.